The summed E-state index contributed by atoms with van der Waals surface area (Å²) >= 11 is 0. The first-order valence-corrected chi connectivity index (χ1v) is 9.12. The Bertz CT molecular complexity index is 533. The molecule has 1 atom stereocenters. The largest absolute Gasteiger partial charge is 0.381 e. The van der Waals surface area contributed by atoms with Crippen LogP contribution in [0.4, 0.5) is 0 Å². The SMILES string of the molecule is CN=C(NCc1cccn1C)NC1CCN(CC2CCOC2)CC1.I. The fourth-order valence-corrected chi connectivity index (χ4v) is 3.59. The van der Waals surface area contributed by atoms with Crippen molar-refractivity contribution in [1.29, 1.82) is 0 Å². The van der Waals surface area contributed by atoms with Gasteiger partial charge in [-0.1, -0.05) is 0 Å². The van der Waals surface area contributed by atoms with Crippen molar-refractivity contribution in [3.63, 3.8) is 0 Å². The van der Waals surface area contributed by atoms with Gasteiger partial charge in [0, 0.05) is 58.3 Å². The molecule has 1 unspecified atom stereocenters. The number of guanidine groups is 1. The molecule has 2 N–H and O–H groups in total. The molecule has 0 radical (unpaired) electrons. The number of likely N-dealkylation sites (tertiary alicyclic amines) is 1. The van der Waals surface area contributed by atoms with Crippen LogP contribution in [0.3, 0.4) is 0 Å². The highest BCUT2D eigenvalue weighted by Crippen LogP contribution is 2.17. The van der Waals surface area contributed by atoms with E-state index in [2.05, 4.69) is 50.5 Å². The first-order valence-electron chi connectivity index (χ1n) is 9.12. The number of aromatic nitrogens is 1. The highest BCUT2D eigenvalue weighted by Gasteiger charge is 2.24. The van der Waals surface area contributed by atoms with E-state index in [1.807, 2.05) is 7.05 Å². The summed E-state index contributed by atoms with van der Waals surface area (Å²) in [6.07, 6.45) is 5.66. The van der Waals surface area contributed by atoms with E-state index in [-0.39, 0.29) is 24.0 Å². The van der Waals surface area contributed by atoms with Crippen LogP contribution in [0.5, 0.6) is 0 Å². The molecule has 7 heteroatoms. The van der Waals surface area contributed by atoms with Crippen LogP contribution in [0.2, 0.25) is 0 Å². The van der Waals surface area contributed by atoms with Gasteiger partial charge in [-0.3, -0.25) is 4.99 Å². The zero-order valence-corrected chi connectivity index (χ0v) is 17.7. The maximum absolute atomic E-state index is 5.49. The maximum Gasteiger partial charge on any atom is 0.191 e. The summed E-state index contributed by atoms with van der Waals surface area (Å²) in [4.78, 5) is 6.96. The number of halogens is 1. The molecule has 6 nitrogen and oxygen atoms in total. The number of aryl methyl sites for hydroxylation is 1. The first-order chi connectivity index (χ1) is 11.7. The minimum absolute atomic E-state index is 0. The fourth-order valence-electron chi connectivity index (χ4n) is 3.59. The average molecular weight is 461 g/mol. The lowest BCUT2D eigenvalue weighted by atomic mass is 10.0. The molecular formula is C18H32IN5O. The first kappa shape index (κ1) is 20.5. The van der Waals surface area contributed by atoms with Crippen LogP contribution in [-0.2, 0) is 18.3 Å². The number of hydrogen-bond donors (Lipinski definition) is 2. The molecule has 3 heterocycles. The molecule has 3 rings (SSSR count). The van der Waals surface area contributed by atoms with Gasteiger partial charge in [-0.15, -0.1) is 24.0 Å². The molecule has 25 heavy (non-hydrogen) atoms. The third kappa shape index (κ3) is 6.14. The topological polar surface area (TPSA) is 53.8 Å². The Morgan fingerprint density at radius 1 is 1.32 bits per heavy atom. The molecule has 2 aliphatic rings. The van der Waals surface area contributed by atoms with Crippen molar-refractivity contribution in [2.45, 2.75) is 31.8 Å². The molecule has 1 aromatic heterocycles. The zero-order chi connectivity index (χ0) is 16.8. The van der Waals surface area contributed by atoms with E-state index in [0.717, 1.165) is 31.6 Å². The van der Waals surface area contributed by atoms with Crippen LogP contribution < -0.4 is 10.6 Å². The van der Waals surface area contributed by atoms with E-state index in [1.165, 1.54) is 44.6 Å². The summed E-state index contributed by atoms with van der Waals surface area (Å²) < 4.78 is 7.62. The van der Waals surface area contributed by atoms with E-state index >= 15 is 0 Å². The Hall–Kier alpha value is -0.800. The Morgan fingerprint density at radius 2 is 2.12 bits per heavy atom. The van der Waals surface area contributed by atoms with E-state index < -0.39 is 0 Å². The third-order valence-corrected chi connectivity index (χ3v) is 5.18. The summed E-state index contributed by atoms with van der Waals surface area (Å²) in [6.45, 7) is 6.24. The van der Waals surface area contributed by atoms with Crippen LogP contribution in [-0.4, -0.2) is 61.4 Å². The lowest BCUT2D eigenvalue weighted by molar-refractivity contribution is 0.150. The number of hydrogen-bond acceptors (Lipinski definition) is 3. The number of ether oxygens (including phenoxy) is 1. The normalized spacial score (nSPS) is 22.6. The summed E-state index contributed by atoms with van der Waals surface area (Å²) in [5.74, 6) is 1.65. The fraction of sp³-hybridized carbons (Fsp3) is 0.722. The Morgan fingerprint density at radius 3 is 2.72 bits per heavy atom. The molecule has 2 saturated heterocycles. The van der Waals surface area contributed by atoms with Gasteiger partial charge in [-0.05, 0) is 37.3 Å². The molecule has 142 valence electrons. The predicted octanol–water partition coefficient (Wildman–Crippen LogP) is 1.81. The van der Waals surface area contributed by atoms with E-state index in [4.69, 9.17) is 4.74 Å². The molecule has 0 aromatic carbocycles. The molecule has 0 amide bonds. The van der Waals surface area contributed by atoms with Gasteiger partial charge in [0.2, 0.25) is 0 Å². The molecule has 0 spiro atoms. The van der Waals surface area contributed by atoms with Crippen molar-refractivity contribution in [2.75, 3.05) is 39.9 Å². The number of piperidine rings is 1. The Balaban J connectivity index is 0.00000225. The van der Waals surface area contributed by atoms with Crippen LogP contribution in [0, 0.1) is 5.92 Å². The highest BCUT2D eigenvalue weighted by atomic mass is 127. The standard InChI is InChI=1S/C18H31N5O.HI/c1-19-18(20-12-17-4-3-8-22(17)2)21-16-5-9-23(10-6-16)13-15-7-11-24-14-15;/h3-4,8,15-16H,5-7,9-14H2,1-2H3,(H2,19,20,21);1H. The van der Waals surface area contributed by atoms with E-state index in [9.17, 15) is 0 Å². The van der Waals surface area contributed by atoms with Gasteiger partial charge in [-0.2, -0.15) is 0 Å². The smallest absolute Gasteiger partial charge is 0.191 e. The molecule has 0 aliphatic carbocycles. The van der Waals surface area contributed by atoms with Gasteiger partial charge >= 0.3 is 0 Å². The van der Waals surface area contributed by atoms with Crippen molar-refractivity contribution < 1.29 is 4.74 Å². The van der Waals surface area contributed by atoms with Gasteiger partial charge in [0.1, 0.15) is 0 Å². The second kappa shape index (κ2) is 10.4. The van der Waals surface area contributed by atoms with Crippen LogP contribution in [0.15, 0.2) is 23.3 Å². The summed E-state index contributed by atoms with van der Waals surface area (Å²) in [5.41, 5.74) is 1.26. The van der Waals surface area contributed by atoms with Crippen LogP contribution in [0.25, 0.3) is 0 Å². The van der Waals surface area contributed by atoms with Gasteiger partial charge in [0.05, 0.1) is 13.2 Å². The average Bonchev–Trinajstić information content (AvgIpc) is 3.25. The number of rotatable bonds is 5. The quantitative estimate of drug-likeness (QED) is 0.399. The van der Waals surface area contributed by atoms with Gasteiger partial charge < -0.3 is 24.8 Å². The Labute approximate surface area is 168 Å². The minimum Gasteiger partial charge on any atom is -0.381 e. The van der Waals surface area contributed by atoms with Crippen molar-refractivity contribution >= 4 is 29.9 Å². The van der Waals surface area contributed by atoms with Crippen molar-refractivity contribution in [2.24, 2.45) is 18.0 Å². The molecule has 0 bridgehead atoms. The number of nitrogens with one attached hydrogen (secondary N) is 2. The lowest BCUT2D eigenvalue weighted by Gasteiger charge is -2.34. The zero-order valence-electron chi connectivity index (χ0n) is 15.4. The lowest BCUT2D eigenvalue weighted by Crippen LogP contribution is -2.49. The Kier molecular flexibility index (Phi) is 8.51. The molecule has 2 fully saturated rings. The van der Waals surface area contributed by atoms with Crippen LogP contribution >= 0.6 is 24.0 Å². The van der Waals surface area contributed by atoms with E-state index in [0.29, 0.717) is 6.04 Å². The van der Waals surface area contributed by atoms with Gasteiger partial charge in [-0.25, -0.2) is 0 Å². The third-order valence-electron chi connectivity index (χ3n) is 5.18. The summed E-state index contributed by atoms with van der Waals surface area (Å²) in [5, 5.41) is 7.00. The monoisotopic (exact) mass is 461 g/mol. The molecule has 1 aromatic rings. The minimum atomic E-state index is 0. The van der Waals surface area contributed by atoms with Crippen molar-refractivity contribution in [3.05, 3.63) is 24.0 Å². The van der Waals surface area contributed by atoms with Gasteiger partial charge in [0.15, 0.2) is 5.96 Å². The predicted molar refractivity (Wildman–Crippen MR) is 113 cm³/mol. The number of nitrogens with zero attached hydrogens (tertiary/aromatic N) is 3. The van der Waals surface area contributed by atoms with E-state index in [1.54, 1.807) is 0 Å². The highest BCUT2D eigenvalue weighted by molar-refractivity contribution is 14.0. The second-order valence-electron chi connectivity index (χ2n) is 6.99. The molecule has 0 saturated carbocycles. The molecular weight excluding hydrogens is 429 g/mol. The second-order valence-corrected chi connectivity index (χ2v) is 6.99. The number of aliphatic imine (C=N–C) groups is 1. The maximum atomic E-state index is 5.49. The van der Waals surface area contributed by atoms with Gasteiger partial charge in [0.25, 0.3) is 0 Å². The van der Waals surface area contributed by atoms with Crippen molar-refractivity contribution in [3.8, 4) is 0 Å². The summed E-state index contributed by atoms with van der Waals surface area (Å²) in [6, 6.07) is 4.71. The molecule has 2 aliphatic heterocycles. The summed E-state index contributed by atoms with van der Waals surface area (Å²) in [7, 11) is 3.91. The van der Waals surface area contributed by atoms with Crippen molar-refractivity contribution in [1.82, 2.24) is 20.1 Å². The van der Waals surface area contributed by atoms with Crippen LogP contribution in [0.1, 0.15) is 25.0 Å².